The molecule has 0 spiro atoms. The molecule has 2 N–H and O–H groups in total. The van der Waals surface area contributed by atoms with E-state index in [4.69, 9.17) is 5.10 Å². The third kappa shape index (κ3) is 5.32. The van der Waals surface area contributed by atoms with Gasteiger partial charge in [0.05, 0.1) is 5.92 Å². The maximum atomic E-state index is 13.7. The molecule has 4 atom stereocenters. The van der Waals surface area contributed by atoms with Crippen molar-refractivity contribution in [2.45, 2.75) is 89.3 Å². The lowest BCUT2D eigenvalue weighted by molar-refractivity contribution is -0.158. The van der Waals surface area contributed by atoms with Gasteiger partial charge < -0.3 is 15.1 Å². The van der Waals surface area contributed by atoms with Crippen LogP contribution in [-0.2, 0) is 15.3 Å². The monoisotopic (exact) mass is 497 g/mol. The first-order valence-corrected chi connectivity index (χ1v) is 14.4. The summed E-state index contributed by atoms with van der Waals surface area (Å²) in [4.78, 5) is 31.1. The summed E-state index contributed by atoms with van der Waals surface area (Å²) in [5.74, 6) is 1.66. The average molecular weight is 498 g/mol. The van der Waals surface area contributed by atoms with Gasteiger partial charge in [-0.1, -0.05) is 68.8 Å². The van der Waals surface area contributed by atoms with E-state index in [-0.39, 0.29) is 36.0 Å². The third-order valence-corrected chi connectivity index (χ3v) is 9.10. The lowest BCUT2D eigenvalue weighted by atomic mass is 9.75. The number of nitrogens with one attached hydrogen (secondary N) is 2. The van der Waals surface area contributed by atoms with Gasteiger partial charge in [-0.3, -0.25) is 15.0 Å². The molecular weight excluding hydrogens is 458 g/mol. The topological polar surface area (TPSA) is 77.0 Å². The molecule has 8 heteroatoms. The van der Waals surface area contributed by atoms with Crippen LogP contribution >= 0.6 is 11.8 Å². The highest BCUT2D eigenvalue weighted by Gasteiger charge is 2.53. The van der Waals surface area contributed by atoms with E-state index in [1.54, 1.807) is 11.8 Å². The maximum absolute atomic E-state index is 13.7. The highest BCUT2D eigenvalue weighted by molar-refractivity contribution is 8.13. The quantitative estimate of drug-likeness (QED) is 0.593. The second-order valence-electron chi connectivity index (χ2n) is 11.0. The third-order valence-electron chi connectivity index (χ3n) is 8.06. The fraction of sp³-hybridized carbons (Fsp3) is 0.667. The summed E-state index contributed by atoms with van der Waals surface area (Å²) in [5, 5.41) is 8.96. The van der Waals surface area contributed by atoms with Crippen molar-refractivity contribution < 1.29 is 9.59 Å². The van der Waals surface area contributed by atoms with Crippen LogP contribution in [0.4, 0.5) is 0 Å². The molecular formula is C27H39N5O2S. The van der Waals surface area contributed by atoms with Crippen LogP contribution in [-0.4, -0.2) is 51.7 Å². The van der Waals surface area contributed by atoms with Crippen LogP contribution in [0.3, 0.4) is 0 Å². The zero-order chi connectivity index (χ0) is 24.4. The van der Waals surface area contributed by atoms with Crippen LogP contribution in [0.2, 0.25) is 0 Å². The number of benzene rings is 1. The zero-order valence-corrected chi connectivity index (χ0v) is 21.8. The summed E-state index contributed by atoms with van der Waals surface area (Å²) in [6.07, 6.45) is 7.60. The molecule has 4 unspecified atom stereocenters. The Hall–Kier alpha value is -2.22. The van der Waals surface area contributed by atoms with Gasteiger partial charge in [-0.2, -0.15) is 5.10 Å². The van der Waals surface area contributed by atoms with E-state index in [0.29, 0.717) is 12.0 Å². The summed E-state index contributed by atoms with van der Waals surface area (Å²) in [6, 6.07) is 10.8. The summed E-state index contributed by atoms with van der Waals surface area (Å²) < 4.78 is 0. The second kappa shape index (κ2) is 10.8. The molecule has 3 fully saturated rings. The molecule has 2 amide bonds. The molecule has 2 aliphatic carbocycles. The summed E-state index contributed by atoms with van der Waals surface area (Å²) >= 11 is 1.72. The predicted octanol–water partition coefficient (Wildman–Crippen LogP) is 4.11. The van der Waals surface area contributed by atoms with E-state index >= 15 is 0 Å². The molecule has 35 heavy (non-hydrogen) atoms. The Morgan fingerprint density at radius 1 is 1.17 bits per heavy atom. The fourth-order valence-electron chi connectivity index (χ4n) is 6.04. The number of nitrogens with zero attached hydrogens (tertiary/aromatic N) is 3. The fourth-order valence-corrected chi connectivity index (χ4v) is 7.03. The molecule has 2 saturated carbocycles. The summed E-state index contributed by atoms with van der Waals surface area (Å²) in [7, 11) is 0. The van der Waals surface area contributed by atoms with E-state index < -0.39 is 0 Å². The van der Waals surface area contributed by atoms with Gasteiger partial charge in [0.2, 0.25) is 11.8 Å². The molecule has 5 rings (SSSR count). The van der Waals surface area contributed by atoms with Gasteiger partial charge in [-0.05, 0) is 50.0 Å². The van der Waals surface area contributed by atoms with E-state index in [2.05, 4.69) is 53.8 Å². The molecule has 0 bridgehead atoms. The van der Waals surface area contributed by atoms with Gasteiger partial charge in [0.1, 0.15) is 0 Å². The number of amidine groups is 1. The van der Waals surface area contributed by atoms with Crippen molar-refractivity contribution in [3.05, 3.63) is 35.9 Å². The Morgan fingerprint density at radius 3 is 2.69 bits per heavy atom. The average Bonchev–Trinajstić information content (AvgIpc) is 3.53. The van der Waals surface area contributed by atoms with Gasteiger partial charge in [0, 0.05) is 30.3 Å². The first-order valence-electron chi connectivity index (χ1n) is 13.4. The van der Waals surface area contributed by atoms with Crippen LogP contribution in [0.1, 0.15) is 70.8 Å². The van der Waals surface area contributed by atoms with Crippen molar-refractivity contribution in [1.82, 2.24) is 20.5 Å². The summed E-state index contributed by atoms with van der Waals surface area (Å²) in [6.45, 7) is 5.12. The molecule has 1 aromatic carbocycles. The lowest BCUT2D eigenvalue weighted by Crippen LogP contribution is -2.68. The van der Waals surface area contributed by atoms with Gasteiger partial charge in [-0.15, -0.1) is 0 Å². The maximum Gasteiger partial charge on any atom is 0.230 e. The van der Waals surface area contributed by atoms with Crippen molar-refractivity contribution in [3.63, 3.8) is 0 Å². The number of thioether (sulfide) groups is 1. The highest BCUT2D eigenvalue weighted by atomic mass is 32.2. The van der Waals surface area contributed by atoms with Crippen LogP contribution in [0.25, 0.3) is 0 Å². The van der Waals surface area contributed by atoms with E-state index in [1.807, 2.05) is 11.0 Å². The minimum absolute atomic E-state index is 0.00732. The number of hydrogen-bond donors (Lipinski definition) is 2. The van der Waals surface area contributed by atoms with Crippen molar-refractivity contribution in [2.24, 2.45) is 22.9 Å². The minimum Gasteiger partial charge on any atom is -0.353 e. The first-order chi connectivity index (χ1) is 17.0. The zero-order valence-electron chi connectivity index (χ0n) is 21.0. The lowest BCUT2D eigenvalue weighted by Gasteiger charge is -2.51. The highest BCUT2D eigenvalue weighted by Crippen LogP contribution is 2.41. The smallest absolute Gasteiger partial charge is 0.230 e. The second-order valence-corrected chi connectivity index (χ2v) is 11.9. The molecule has 0 aromatic heterocycles. The van der Waals surface area contributed by atoms with E-state index in [0.717, 1.165) is 56.0 Å². The number of carbonyl (C=O) groups excluding carboxylic acids is 2. The van der Waals surface area contributed by atoms with E-state index in [9.17, 15) is 9.59 Å². The van der Waals surface area contributed by atoms with Crippen molar-refractivity contribution in [1.29, 1.82) is 0 Å². The number of fused-ring (bicyclic) bond motifs is 3. The van der Waals surface area contributed by atoms with Gasteiger partial charge in [-0.25, -0.2) is 0 Å². The molecule has 2 aliphatic heterocycles. The Morgan fingerprint density at radius 2 is 1.94 bits per heavy atom. The molecule has 4 aliphatic rings. The Bertz CT molecular complexity index is 933. The van der Waals surface area contributed by atoms with Crippen LogP contribution in [0.15, 0.2) is 35.4 Å². The molecule has 2 heterocycles. The van der Waals surface area contributed by atoms with Crippen molar-refractivity contribution in [3.8, 4) is 0 Å². The number of hydrogen-bond acceptors (Lipinski definition) is 6. The number of hydrazone groups is 1. The SMILES string of the molecule is CC(C)CCN1C(=O)C2CCC(C(=O)NC3CCCC3)CC2N2C(SCc3ccccc3)=NNC12. The number of carbonyl (C=O) groups is 2. The van der Waals surface area contributed by atoms with Gasteiger partial charge in [0.15, 0.2) is 11.5 Å². The Labute approximate surface area is 213 Å². The summed E-state index contributed by atoms with van der Waals surface area (Å²) in [5.41, 5.74) is 4.53. The molecule has 190 valence electrons. The van der Waals surface area contributed by atoms with Gasteiger partial charge >= 0.3 is 0 Å². The largest absolute Gasteiger partial charge is 0.353 e. The molecule has 0 radical (unpaired) electrons. The molecule has 1 saturated heterocycles. The molecule has 1 aromatic rings. The predicted molar refractivity (Wildman–Crippen MR) is 140 cm³/mol. The van der Waals surface area contributed by atoms with Crippen LogP contribution in [0.5, 0.6) is 0 Å². The van der Waals surface area contributed by atoms with Crippen LogP contribution < -0.4 is 10.7 Å². The first kappa shape index (κ1) is 24.5. The van der Waals surface area contributed by atoms with Crippen molar-refractivity contribution >= 4 is 28.7 Å². The van der Waals surface area contributed by atoms with E-state index in [1.165, 1.54) is 18.4 Å². The normalized spacial score (nSPS) is 28.5. The Kier molecular flexibility index (Phi) is 7.56. The van der Waals surface area contributed by atoms with Crippen LogP contribution in [0, 0.1) is 17.8 Å². The standard InChI is InChI=1S/C27H39N5O2S/c1-18(2)14-15-31-25(34)22-13-12-20(24(33)28-21-10-6-7-11-21)16-23(22)32-26(31)29-30-27(32)35-17-19-8-4-3-5-9-19/h3-5,8-9,18,20-23,26,29H,6-7,10-17H2,1-2H3,(H,28,33). The number of amides is 2. The molecule has 7 nitrogen and oxygen atoms in total. The number of rotatable bonds is 7. The minimum atomic E-state index is -0.252. The van der Waals surface area contributed by atoms with Crippen molar-refractivity contribution in [2.75, 3.05) is 6.54 Å². The van der Waals surface area contributed by atoms with Gasteiger partial charge in [0.25, 0.3) is 0 Å². The Balaban J connectivity index is 1.33.